The molecule has 0 saturated carbocycles. The Bertz CT molecular complexity index is 505. The third kappa shape index (κ3) is 2.01. The molecule has 0 fully saturated rings. The molecule has 0 spiro atoms. The molecular weight excluding hydrogens is 233 g/mol. The van der Waals surface area contributed by atoms with E-state index in [1.54, 1.807) is 13.0 Å². The van der Waals surface area contributed by atoms with E-state index in [0.29, 0.717) is 11.1 Å². The quantitative estimate of drug-likeness (QED) is 0.806. The lowest BCUT2D eigenvalue weighted by atomic mass is 9.83. The van der Waals surface area contributed by atoms with Gasteiger partial charge in [0.1, 0.15) is 5.82 Å². The van der Waals surface area contributed by atoms with E-state index in [9.17, 15) is 14.3 Å². The third-order valence-corrected chi connectivity index (χ3v) is 3.39. The number of anilines is 1. The third-order valence-electron chi connectivity index (χ3n) is 3.39. The minimum atomic E-state index is -0.764. The summed E-state index contributed by atoms with van der Waals surface area (Å²) in [5.74, 6) is -1.06. The van der Waals surface area contributed by atoms with Gasteiger partial charge in [-0.3, -0.25) is 4.79 Å². The molecule has 2 atom stereocenters. The summed E-state index contributed by atoms with van der Waals surface area (Å²) >= 11 is 0. The Balaban J connectivity index is 2.50. The molecule has 1 aromatic rings. The molecule has 0 radical (unpaired) electrons. The molecule has 1 amide bonds. The van der Waals surface area contributed by atoms with Crippen molar-refractivity contribution in [1.29, 1.82) is 0 Å². The molecule has 0 aliphatic carbocycles. The van der Waals surface area contributed by atoms with Crippen molar-refractivity contribution in [3.05, 3.63) is 29.1 Å². The zero-order chi connectivity index (χ0) is 13.7. The van der Waals surface area contributed by atoms with Crippen LogP contribution in [0.4, 0.5) is 10.1 Å². The van der Waals surface area contributed by atoms with E-state index < -0.39 is 11.9 Å². The number of aliphatic hydroxyl groups excluding tert-OH is 1. The molecule has 0 bridgehead atoms. The van der Waals surface area contributed by atoms with Crippen molar-refractivity contribution in [2.75, 3.05) is 5.32 Å². The van der Waals surface area contributed by atoms with Gasteiger partial charge in [-0.15, -0.1) is 0 Å². The van der Waals surface area contributed by atoms with Crippen LogP contribution in [-0.4, -0.2) is 11.0 Å². The molecule has 4 heteroatoms. The topological polar surface area (TPSA) is 49.3 Å². The summed E-state index contributed by atoms with van der Waals surface area (Å²) in [4.78, 5) is 11.5. The largest absolute Gasteiger partial charge is 0.388 e. The Morgan fingerprint density at radius 3 is 2.56 bits per heavy atom. The van der Waals surface area contributed by atoms with Gasteiger partial charge in [0.05, 0.1) is 17.7 Å². The van der Waals surface area contributed by atoms with Crippen LogP contribution in [0.5, 0.6) is 0 Å². The molecule has 18 heavy (non-hydrogen) atoms. The highest BCUT2D eigenvalue weighted by molar-refractivity contribution is 6.02. The number of carbonyl (C=O) groups is 1. The maximum atomic E-state index is 13.9. The van der Waals surface area contributed by atoms with Gasteiger partial charge in [0.15, 0.2) is 0 Å². The molecule has 2 N–H and O–H groups in total. The molecule has 2 rings (SSSR count). The van der Waals surface area contributed by atoms with Crippen molar-refractivity contribution in [1.82, 2.24) is 0 Å². The average molecular weight is 251 g/mol. The van der Waals surface area contributed by atoms with E-state index in [1.165, 1.54) is 6.07 Å². The lowest BCUT2D eigenvalue weighted by Gasteiger charge is -2.26. The number of halogens is 1. The second-order valence-corrected chi connectivity index (χ2v) is 5.95. The number of rotatable bonds is 1. The zero-order valence-corrected chi connectivity index (χ0v) is 11.0. The van der Waals surface area contributed by atoms with Crippen LogP contribution in [0.2, 0.25) is 0 Å². The van der Waals surface area contributed by atoms with E-state index in [0.717, 1.165) is 0 Å². The molecule has 2 unspecified atom stereocenters. The van der Waals surface area contributed by atoms with Crippen LogP contribution in [0.1, 0.15) is 50.8 Å². The highest BCUT2D eigenvalue weighted by Crippen LogP contribution is 2.39. The zero-order valence-electron chi connectivity index (χ0n) is 11.0. The standard InChI is InChI=1S/C14H18FNO2/c1-7-9-5-8(12(17)14(2,3)4)6-10(15)11(9)16-13(7)18/h5-7,12,17H,1-4H3,(H,16,18). The minimum Gasteiger partial charge on any atom is -0.388 e. The minimum absolute atomic E-state index is 0.203. The van der Waals surface area contributed by atoms with Gasteiger partial charge in [0, 0.05) is 0 Å². The molecule has 1 aliphatic rings. The number of nitrogens with one attached hydrogen (secondary N) is 1. The van der Waals surface area contributed by atoms with Crippen molar-refractivity contribution in [2.45, 2.75) is 39.7 Å². The average Bonchev–Trinajstić information content (AvgIpc) is 2.54. The number of carbonyl (C=O) groups excluding carboxylic acids is 1. The summed E-state index contributed by atoms with van der Waals surface area (Å²) in [5, 5.41) is 12.7. The summed E-state index contributed by atoms with van der Waals surface area (Å²) in [6.07, 6.45) is -0.764. The van der Waals surface area contributed by atoms with E-state index in [-0.39, 0.29) is 22.9 Å². The van der Waals surface area contributed by atoms with Gasteiger partial charge in [-0.2, -0.15) is 0 Å². The van der Waals surface area contributed by atoms with Gasteiger partial charge < -0.3 is 10.4 Å². The van der Waals surface area contributed by atoms with E-state index >= 15 is 0 Å². The first kappa shape index (κ1) is 13.0. The molecular formula is C14H18FNO2. The van der Waals surface area contributed by atoms with Crippen molar-refractivity contribution in [2.24, 2.45) is 5.41 Å². The molecule has 3 nitrogen and oxygen atoms in total. The van der Waals surface area contributed by atoms with Gasteiger partial charge in [-0.1, -0.05) is 26.8 Å². The van der Waals surface area contributed by atoms with Crippen LogP contribution in [0.3, 0.4) is 0 Å². The predicted octanol–water partition coefficient (Wildman–Crippen LogP) is 2.96. The maximum absolute atomic E-state index is 13.9. The molecule has 1 aromatic carbocycles. The van der Waals surface area contributed by atoms with Gasteiger partial charge in [-0.25, -0.2) is 4.39 Å². The lowest BCUT2D eigenvalue weighted by molar-refractivity contribution is -0.116. The van der Waals surface area contributed by atoms with Gasteiger partial charge >= 0.3 is 0 Å². The summed E-state index contributed by atoms with van der Waals surface area (Å²) in [6.45, 7) is 7.38. The summed E-state index contributed by atoms with van der Waals surface area (Å²) in [7, 11) is 0. The van der Waals surface area contributed by atoms with Crippen LogP contribution < -0.4 is 5.32 Å². The first-order chi connectivity index (χ1) is 8.21. The lowest BCUT2D eigenvalue weighted by Crippen LogP contribution is -2.18. The van der Waals surface area contributed by atoms with E-state index in [4.69, 9.17) is 0 Å². The normalized spacial score (nSPS) is 20.6. The van der Waals surface area contributed by atoms with Crippen LogP contribution in [-0.2, 0) is 4.79 Å². The maximum Gasteiger partial charge on any atom is 0.231 e. The number of hydrogen-bond acceptors (Lipinski definition) is 2. The highest BCUT2D eigenvalue weighted by atomic mass is 19.1. The molecule has 0 aromatic heterocycles. The number of amides is 1. The first-order valence-corrected chi connectivity index (χ1v) is 6.04. The Hall–Kier alpha value is -1.42. The predicted molar refractivity (Wildman–Crippen MR) is 67.9 cm³/mol. The van der Waals surface area contributed by atoms with Crippen LogP contribution >= 0.6 is 0 Å². The molecule has 98 valence electrons. The number of fused-ring (bicyclic) bond motifs is 1. The smallest absolute Gasteiger partial charge is 0.231 e. The van der Waals surface area contributed by atoms with Crippen molar-refractivity contribution < 1.29 is 14.3 Å². The van der Waals surface area contributed by atoms with Gasteiger partial charge in [0.25, 0.3) is 0 Å². The fourth-order valence-corrected chi connectivity index (χ4v) is 2.15. The first-order valence-electron chi connectivity index (χ1n) is 6.04. The summed E-state index contributed by atoms with van der Waals surface area (Å²) in [5.41, 5.74) is 1.01. The van der Waals surface area contributed by atoms with E-state index in [1.807, 2.05) is 20.8 Å². The van der Waals surface area contributed by atoms with Crippen molar-refractivity contribution >= 4 is 11.6 Å². The van der Waals surface area contributed by atoms with Crippen LogP contribution in [0.15, 0.2) is 12.1 Å². The Morgan fingerprint density at radius 2 is 2.00 bits per heavy atom. The fourth-order valence-electron chi connectivity index (χ4n) is 2.15. The van der Waals surface area contributed by atoms with Crippen molar-refractivity contribution in [3.63, 3.8) is 0 Å². The summed E-state index contributed by atoms with van der Waals surface area (Å²) < 4.78 is 13.9. The fraction of sp³-hybridized carbons (Fsp3) is 0.500. The van der Waals surface area contributed by atoms with Gasteiger partial charge in [-0.05, 0) is 29.5 Å². The number of benzene rings is 1. The van der Waals surface area contributed by atoms with Crippen molar-refractivity contribution in [3.8, 4) is 0 Å². The number of hydrogen-bond donors (Lipinski definition) is 2. The van der Waals surface area contributed by atoms with E-state index in [2.05, 4.69) is 5.32 Å². The summed E-state index contributed by atoms with van der Waals surface area (Å²) in [6, 6.07) is 3.02. The van der Waals surface area contributed by atoms with Crippen LogP contribution in [0, 0.1) is 11.2 Å². The Morgan fingerprint density at radius 1 is 1.39 bits per heavy atom. The second-order valence-electron chi connectivity index (χ2n) is 5.95. The number of aliphatic hydroxyl groups is 1. The molecule has 0 saturated heterocycles. The Labute approximate surface area is 106 Å². The second kappa shape index (κ2) is 4.05. The molecule has 1 heterocycles. The van der Waals surface area contributed by atoms with Crippen LogP contribution in [0.25, 0.3) is 0 Å². The monoisotopic (exact) mass is 251 g/mol. The highest BCUT2D eigenvalue weighted by Gasteiger charge is 2.32. The van der Waals surface area contributed by atoms with Gasteiger partial charge in [0.2, 0.25) is 5.91 Å². The molecule has 1 aliphatic heterocycles. The Kier molecular flexibility index (Phi) is 2.93. The SMILES string of the molecule is CC1C(=O)Nc2c(F)cc(C(O)C(C)(C)C)cc21.